The van der Waals surface area contributed by atoms with E-state index in [4.69, 9.17) is 5.73 Å². The summed E-state index contributed by atoms with van der Waals surface area (Å²) in [6.07, 6.45) is 6.48. The van der Waals surface area contributed by atoms with Crippen molar-refractivity contribution in [3.8, 4) is 11.3 Å². The second-order valence-electron chi connectivity index (χ2n) is 7.74. The number of nitrogens with one attached hydrogen (secondary N) is 1. The second-order valence-corrected chi connectivity index (χ2v) is 7.74. The minimum absolute atomic E-state index is 0.230. The molecular formula is C22H21N3O. The number of aromatic amines is 1. The monoisotopic (exact) mass is 343 g/mol. The minimum atomic E-state index is 0.230. The topological polar surface area (TPSA) is 71.8 Å². The molecule has 0 unspecified atom stereocenters. The van der Waals surface area contributed by atoms with Gasteiger partial charge in [-0.3, -0.25) is 4.79 Å². The highest BCUT2D eigenvalue weighted by Crippen LogP contribution is 2.55. The van der Waals surface area contributed by atoms with Crippen LogP contribution in [0.3, 0.4) is 0 Å². The molecule has 0 aliphatic heterocycles. The van der Waals surface area contributed by atoms with Gasteiger partial charge >= 0.3 is 0 Å². The zero-order valence-corrected chi connectivity index (χ0v) is 14.6. The van der Waals surface area contributed by atoms with Crippen LogP contribution in [0.15, 0.2) is 48.7 Å². The van der Waals surface area contributed by atoms with E-state index in [-0.39, 0.29) is 5.41 Å². The van der Waals surface area contributed by atoms with Gasteiger partial charge in [-0.2, -0.15) is 0 Å². The molecule has 2 aliphatic rings. The summed E-state index contributed by atoms with van der Waals surface area (Å²) in [5.41, 5.74) is 12.5. The number of anilines is 1. The lowest BCUT2D eigenvalue weighted by Crippen LogP contribution is -2.21. The largest absolute Gasteiger partial charge is 0.384 e. The number of carbonyl (C=O) groups excluding carboxylic acids is 1. The molecular weight excluding hydrogens is 322 g/mol. The molecule has 0 atom stereocenters. The van der Waals surface area contributed by atoms with Gasteiger partial charge in [-0.25, -0.2) is 4.98 Å². The average Bonchev–Trinajstić information content (AvgIpc) is 3.26. The average molecular weight is 343 g/mol. The quantitative estimate of drug-likeness (QED) is 0.750. The van der Waals surface area contributed by atoms with E-state index >= 15 is 0 Å². The van der Waals surface area contributed by atoms with Crippen LogP contribution in [0.2, 0.25) is 0 Å². The predicted octanol–water partition coefficient (Wildman–Crippen LogP) is 4.16. The van der Waals surface area contributed by atoms with Crippen LogP contribution in [0, 0.1) is 5.41 Å². The molecule has 0 bridgehead atoms. The lowest BCUT2D eigenvalue weighted by atomic mass is 9.82. The summed E-state index contributed by atoms with van der Waals surface area (Å²) in [7, 11) is 0. The third-order valence-electron chi connectivity index (χ3n) is 5.80. The number of nitrogens with zero attached hydrogens (tertiary/aromatic N) is 1. The second kappa shape index (κ2) is 5.56. The van der Waals surface area contributed by atoms with Crippen LogP contribution in [-0.4, -0.2) is 15.8 Å². The molecule has 3 N–H and O–H groups in total. The number of carbonyl (C=O) groups is 1. The fourth-order valence-corrected chi connectivity index (χ4v) is 4.29. The molecule has 1 aromatic carbocycles. The van der Waals surface area contributed by atoms with Gasteiger partial charge in [-0.1, -0.05) is 30.3 Å². The SMILES string of the molecule is Nc1cc(-c2[nH]c3c(c2Cc2ccccc2)C(=O)CC2(CC2)C3)ccn1. The van der Waals surface area contributed by atoms with Gasteiger partial charge in [0.1, 0.15) is 5.82 Å². The van der Waals surface area contributed by atoms with Crippen molar-refractivity contribution in [1.29, 1.82) is 0 Å². The number of rotatable bonds is 3. The van der Waals surface area contributed by atoms with Gasteiger partial charge in [0.05, 0.1) is 5.69 Å². The number of Topliss-reactive ketones (excluding diaryl/α,β-unsaturated/α-hetero) is 1. The fraction of sp³-hybridized carbons (Fsp3) is 0.273. The summed E-state index contributed by atoms with van der Waals surface area (Å²) in [5.74, 6) is 0.782. The summed E-state index contributed by atoms with van der Waals surface area (Å²) >= 11 is 0. The smallest absolute Gasteiger partial charge is 0.165 e. The van der Waals surface area contributed by atoms with Crippen molar-refractivity contribution in [3.05, 3.63) is 71.0 Å². The summed E-state index contributed by atoms with van der Waals surface area (Å²) in [6, 6.07) is 14.2. The van der Waals surface area contributed by atoms with Crippen molar-refractivity contribution >= 4 is 11.6 Å². The molecule has 0 radical (unpaired) electrons. The minimum Gasteiger partial charge on any atom is -0.384 e. The van der Waals surface area contributed by atoms with Crippen LogP contribution < -0.4 is 5.73 Å². The van der Waals surface area contributed by atoms with Crippen LogP contribution in [0.1, 0.15) is 46.4 Å². The number of nitrogens with two attached hydrogens (primary N) is 1. The number of benzene rings is 1. The van der Waals surface area contributed by atoms with Gasteiger partial charge in [0.15, 0.2) is 5.78 Å². The molecule has 1 saturated carbocycles. The lowest BCUT2D eigenvalue weighted by Gasteiger charge is -2.21. The molecule has 2 aliphatic carbocycles. The molecule has 5 rings (SSSR count). The molecule has 0 amide bonds. The maximum absolute atomic E-state index is 13.0. The molecule has 2 heterocycles. The number of ketones is 1. The summed E-state index contributed by atoms with van der Waals surface area (Å²) in [4.78, 5) is 20.7. The van der Waals surface area contributed by atoms with Crippen LogP contribution in [0.25, 0.3) is 11.3 Å². The predicted molar refractivity (Wildman–Crippen MR) is 102 cm³/mol. The van der Waals surface area contributed by atoms with Crippen molar-refractivity contribution in [1.82, 2.24) is 9.97 Å². The Kier molecular flexibility index (Phi) is 3.29. The maximum Gasteiger partial charge on any atom is 0.165 e. The molecule has 26 heavy (non-hydrogen) atoms. The molecule has 4 nitrogen and oxygen atoms in total. The van der Waals surface area contributed by atoms with Crippen LogP contribution >= 0.6 is 0 Å². The first-order chi connectivity index (χ1) is 12.6. The number of hydrogen-bond donors (Lipinski definition) is 2. The maximum atomic E-state index is 13.0. The van der Waals surface area contributed by atoms with E-state index in [1.807, 2.05) is 30.3 Å². The molecule has 4 heteroatoms. The molecule has 130 valence electrons. The molecule has 1 fully saturated rings. The third kappa shape index (κ3) is 2.53. The Labute approximate surface area is 152 Å². The number of H-pyrrole nitrogens is 1. The number of fused-ring (bicyclic) bond motifs is 1. The Morgan fingerprint density at radius 1 is 1.12 bits per heavy atom. The van der Waals surface area contributed by atoms with Gasteiger partial charge < -0.3 is 10.7 Å². The number of aromatic nitrogens is 2. The van der Waals surface area contributed by atoms with Crippen LogP contribution in [0.4, 0.5) is 5.82 Å². The molecule has 1 spiro atoms. The number of pyridine rings is 1. The number of hydrogen-bond acceptors (Lipinski definition) is 3. The van der Waals surface area contributed by atoms with E-state index in [2.05, 4.69) is 22.1 Å². The highest BCUT2D eigenvalue weighted by atomic mass is 16.1. The summed E-state index contributed by atoms with van der Waals surface area (Å²) in [5, 5.41) is 0. The van der Waals surface area contributed by atoms with E-state index in [1.165, 1.54) is 18.4 Å². The Morgan fingerprint density at radius 2 is 1.92 bits per heavy atom. The van der Waals surface area contributed by atoms with E-state index in [1.54, 1.807) is 6.20 Å². The van der Waals surface area contributed by atoms with Gasteiger partial charge in [-0.15, -0.1) is 0 Å². The highest BCUT2D eigenvalue weighted by molar-refractivity contribution is 6.02. The Balaban J connectivity index is 1.67. The first-order valence-electron chi connectivity index (χ1n) is 9.16. The van der Waals surface area contributed by atoms with Gasteiger partial charge in [0.2, 0.25) is 0 Å². The van der Waals surface area contributed by atoms with E-state index in [9.17, 15) is 4.79 Å². The van der Waals surface area contributed by atoms with E-state index in [0.717, 1.165) is 40.9 Å². The van der Waals surface area contributed by atoms with Crippen molar-refractivity contribution in [2.45, 2.75) is 32.1 Å². The highest BCUT2D eigenvalue weighted by Gasteiger charge is 2.49. The Morgan fingerprint density at radius 3 is 2.65 bits per heavy atom. The van der Waals surface area contributed by atoms with Crippen molar-refractivity contribution in [3.63, 3.8) is 0 Å². The summed E-state index contributed by atoms with van der Waals surface area (Å²) < 4.78 is 0. The van der Waals surface area contributed by atoms with E-state index in [0.29, 0.717) is 18.0 Å². The van der Waals surface area contributed by atoms with Gasteiger partial charge in [0.25, 0.3) is 0 Å². The third-order valence-corrected chi connectivity index (χ3v) is 5.80. The molecule has 0 saturated heterocycles. The van der Waals surface area contributed by atoms with E-state index < -0.39 is 0 Å². The molecule has 3 aromatic rings. The van der Waals surface area contributed by atoms with Crippen molar-refractivity contribution in [2.24, 2.45) is 5.41 Å². The molecule has 2 aromatic heterocycles. The van der Waals surface area contributed by atoms with Crippen molar-refractivity contribution < 1.29 is 4.79 Å². The lowest BCUT2D eigenvalue weighted by molar-refractivity contribution is 0.0940. The van der Waals surface area contributed by atoms with Gasteiger partial charge in [0, 0.05) is 35.9 Å². The van der Waals surface area contributed by atoms with Crippen LogP contribution in [-0.2, 0) is 12.8 Å². The van der Waals surface area contributed by atoms with Crippen LogP contribution in [0.5, 0.6) is 0 Å². The summed E-state index contributed by atoms with van der Waals surface area (Å²) in [6.45, 7) is 0. The zero-order valence-electron chi connectivity index (χ0n) is 14.6. The Bertz CT molecular complexity index is 999. The van der Waals surface area contributed by atoms with Gasteiger partial charge in [-0.05, 0) is 47.9 Å². The standard InChI is InChI=1S/C22H21N3O/c23-19-11-15(6-9-24-19)21-16(10-14-4-2-1-3-5-14)20-17(25-21)12-22(7-8-22)13-18(20)26/h1-6,9,11,25H,7-8,10,12-13H2,(H2,23,24). The Hall–Kier alpha value is -2.88. The normalized spacial score (nSPS) is 17.3. The zero-order chi connectivity index (χ0) is 17.7. The van der Waals surface area contributed by atoms with Crippen molar-refractivity contribution in [2.75, 3.05) is 5.73 Å². The number of nitrogen functional groups attached to an aromatic ring is 1. The first kappa shape index (κ1) is 15.4. The first-order valence-corrected chi connectivity index (χ1v) is 9.16. The fourth-order valence-electron chi connectivity index (χ4n) is 4.29.